The van der Waals surface area contributed by atoms with Gasteiger partial charge in [-0.2, -0.15) is 0 Å². The Bertz CT molecular complexity index is 4170. The largest absolute Gasteiger partial charge is 0.310 e. The van der Waals surface area contributed by atoms with E-state index in [0.29, 0.717) is 0 Å². The van der Waals surface area contributed by atoms with Crippen molar-refractivity contribution in [1.82, 2.24) is 4.57 Å². The van der Waals surface area contributed by atoms with Crippen LogP contribution in [0.5, 0.6) is 0 Å². The molecule has 336 valence electrons. The van der Waals surface area contributed by atoms with Crippen LogP contribution >= 0.6 is 23.5 Å². The average molecular weight is 951 g/mol. The Labute approximate surface area is 426 Å². The molecule has 0 amide bonds. The third-order valence-electron chi connectivity index (χ3n) is 16.1. The lowest BCUT2D eigenvalue weighted by molar-refractivity contribution is 0.722. The number of hydrogen-bond acceptors (Lipinski definition) is 3. The number of rotatable bonds is 4. The summed E-state index contributed by atoms with van der Waals surface area (Å²) in [5.74, 6) is 0. The van der Waals surface area contributed by atoms with E-state index < -0.39 is 10.8 Å². The smallest absolute Gasteiger partial charge is 0.0736 e. The first-order valence-electron chi connectivity index (χ1n) is 24.8. The molecule has 4 aliphatic rings. The molecule has 0 saturated carbocycles. The SMILES string of the molecule is c1ccc(-n2c3ccccc3c3ccc(N(c4ccc5c(c4)-c4ccccc4C54c5ccccc5Sc5ccccc54)c4cccc5c4-c4ccccc4C54c5ccccc5Sc5ccccc54)cc32)cc1. The highest BCUT2D eigenvalue weighted by atomic mass is 32.2. The van der Waals surface area contributed by atoms with E-state index in [1.54, 1.807) is 0 Å². The molecule has 2 spiro atoms. The molecule has 2 nitrogen and oxygen atoms in total. The second-order valence-corrected chi connectivity index (χ2v) is 21.6. The minimum atomic E-state index is -0.515. The maximum absolute atomic E-state index is 2.57. The van der Waals surface area contributed by atoms with Crippen LogP contribution in [0.2, 0.25) is 0 Å². The lowest BCUT2D eigenvalue weighted by atomic mass is 9.67. The van der Waals surface area contributed by atoms with Gasteiger partial charge in [0.25, 0.3) is 0 Å². The van der Waals surface area contributed by atoms with Gasteiger partial charge in [-0.15, -0.1) is 0 Å². The highest BCUT2D eigenvalue weighted by molar-refractivity contribution is 7.99. The van der Waals surface area contributed by atoms with E-state index in [-0.39, 0.29) is 0 Å². The van der Waals surface area contributed by atoms with Gasteiger partial charge in [0.1, 0.15) is 0 Å². The molecule has 11 aromatic carbocycles. The third-order valence-corrected chi connectivity index (χ3v) is 18.4. The summed E-state index contributed by atoms with van der Waals surface area (Å²) in [6.07, 6.45) is 0. The van der Waals surface area contributed by atoms with Gasteiger partial charge in [-0.1, -0.05) is 206 Å². The molecule has 2 aliphatic carbocycles. The molecule has 0 N–H and O–H groups in total. The van der Waals surface area contributed by atoms with Crippen LogP contribution in [0.3, 0.4) is 0 Å². The van der Waals surface area contributed by atoms with Gasteiger partial charge < -0.3 is 9.47 Å². The van der Waals surface area contributed by atoms with Crippen LogP contribution in [0.15, 0.2) is 274 Å². The number of fused-ring (bicyclic) bond motifs is 21. The lowest BCUT2D eigenvalue weighted by Gasteiger charge is -2.40. The normalized spacial score (nSPS) is 14.5. The van der Waals surface area contributed by atoms with Gasteiger partial charge in [0.2, 0.25) is 0 Å². The van der Waals surface area contributed by atoms with E-state index in [2.05, 4.69) is 264 Å². The van der Waals surface area contributed by atoms with Gasteiger partial charge in [0, 0.05) is 53.0 Å². The van der Waals surface area contributed by atoms with Crippen LogP contribution in [-0.4, -0.2) is 4.57 Å². The summed E-state index contributed by atoms with van der Waals surface area (Å²) < 4.78 is 2.44. The fourth-order valence-corrected chi connectivity index (χ4v) is 15.8. The Morgan fingerprint density at radius 2 is 0.764 bits per heavy atom. The number of anilines is 3. The number of hydrogen-bond donors (Lipinski definition) is 0. The van der Waals surface area contributed by atoms with Gasteiger partial charge in [-0.05, 0) is 134 Å². The van der Waals surface area contributed by atoms with Gasteiger partial charge in [-0.25, -0.2) is 0 Å². The van der Waals surface area contributed by atoms with Gasteiger partial charge >= 0.3 is 0 Å². The number of nitrogens with zero attached hydrogens (tertiary/aromatic N) is 2. The molecule has 0 unspecified atom stereocenters. The van der Waals surface area contributed by atoms with Crippen LogP contribution in [-0.2, 0) is 10.8 Å². The van der Waals surface area contributed by atoms with E-state index in [1.807, 2.05) is 23.5 Å². The summed E-state index contributed by atoms with van der Waals surface area (Å²) in [6, 6.07) is 96.1. The van der Waals surface area contributed by atoms with Crippen molar-refractivity contribution in [3.63, 3.8) is 0 Å². The lowest BCUT2D eigenvalue weighted by Crippen LogP contribution is -2.32. The maximum Gasteiger partial charge on any atom is 0.0736 e. The first-order chi connectivity index (χ1) is 35.7. The maximum atomic E-state index is 2.57. The average Bonchev–Trinajstić information content (AvgIpc) is 4.05. The molecule has 0 atom stereocenters. The van der Waals surface area contributed by atoms with Crippen molar-refractivity contribution in [1.29, 1.82) is 0 Å². The van der Waals surface area contributed by atoms with E-state index >= 15 is 0 Å². The molecule has 4 heteroatoms. The molecule has 0 saturated heterocycles. The summed E-state index contributed by atoms with van der Waals surface area (Å²) in [7, 11) is 0. The second-order valence-electron chi connectivity index (χ2n) is 19.4. The van der Waals surface area contributed by atoms with Crippen molar-refractivity contribution >= 4 is 62.4 Å². The Balaban J connectivity index is 1.01. The molecule has 0 bridgehead atoms. The van der Waals surface area contributed by atoms with Crippen LogP contribution in [0.1, 0.15) is 44.5 Å². The minimum Gasteiger partial charge on any atom is -0.310 e. The molecule has 72 heavy (non-hydrogen) atoms. The molecule has 16 rings (SSSR count). The zero-order chi connectivity index (χ0) is 47.1. The summed E-state index contributed by atoms with van der Waals surface area (Å²) in [5.41, 5.74) is 21.6. The zero-order valence-electron chi connectivity index (χ0n) is 39.0. The topological polar surface area (TPSA) is 8.17 Å². The van der Waals surface area contributed by atoms with Crippen molar-refractivity contribution in [3.05, 3.63) is 299 Å². The first kappa shape index (κ1) is 40.4. The van der Waals surface area contributed by atoms with Crippen molar-refractivity contribution in [2.45, 2.75) is 30.4 Å². The summed E-state index contributed by atoms with van der Waals surface area (Å²) >= 11 is 3.78. The first-order valence-corrected chi connectivity index (χ1v) is 26.5. The molecule has 0 fully saturated rings. The quantitative estimate of drug-likeness (QED) is 0.174. The predicted molar refractivity (Wildman–Crippen MR) is 298 cm³/mol. The van der Waals surface area contributed by atoms with Crippen molar-refractivity contribution in [2.75, 3.05) is 4.90 Å². The summed E-state index contributed by atoms with van der Waals surface area (Å²) in [6.45, 7) is 0. The van der Waals surface area contributed by atoms with E-state index in [1.165, 1.54) is 108 Å². The number of benzene rings is 11. The van der Waals surface area contributed by atoms with Crippen LogP contribution in [0, 0.1) is 0 Å². The standard InChI is InChI=1S/C68H42N2S2/c1-2-19-43(20-3-1)70-59-31-13-6-22-47(59)48-39-37-45(42-61(48)70)69(44-38-40-53-50(41-44)46-21-4-7-24-51(46)67(53)54-26-9-14-33-62(54)71-63-34-15-10-27-55(63)67)60-32-18-30-58-66(60)49-23-5-8-25-52(49)68(58)56-28-11-16-35-64(56)72-65-36-17-12-29-57(65)68/h1-42H. The van der Waals surface area contributed by atoms with Gasteiger partial charge in [-0.3, -0.25) is 0 Å². The Kier molecular flexibility index (Phi) is 8.49. The highest BCUT2D eigenvalue weighted by Gasteiger charge is 2.52. The van der Waals surface area contributed by atoms with Crippen LogP contribution < -0.4 is 4.90 Å². The van der Waals surface area contributed by atoms with Crippen LogP contribution in [0.4, 0.5) is 17.1 Å². The molecular weight excluding hydrogens is 909 g/mol. The summed E-state index contributed by atoms with van der Waals surface area (Å²) in [5, 5.41) is 2.47. The molecule has 2 aliphatic heterocycles. The fraction of sp³-hybridized carbons (Fsp3) is 0.0294. The van der Waals surface area contributed by atoms with Crippen molar-refractivity contribution in [2.24, 2.45) is 0 Å². The number of aromatic nitrogens is 1. The third kappa shape index (κ3) is 5.22. The van der Waals surface area contributed by atoms with Crippen molar-refractivity contribution in [3.8, 4) is 27.9 Å². The molecule has 3 heterocycles. The highest BCUT2D eigenvalue weighted by Crippen LogP contribution is 2.66. The molecule has 1 aromatic heterocycles. The Morgan fingerprint density at radius 1 is 0.306 bits per heavy atom. The van der Waals surface area contributed by atoms with E-state index in [0.717, 1.165) is 22.7 Å². The molecule has 12 aromatic rings. The van der Waals surface area contributed by atoms with E-state index in [9.17, 15) is 0 Å². The van der Waals surface area contributed by atoms with Gasteiger partial charge in [0.15, 0.2) is 0 Å². The Hall–Kier alpha value is -8.28. The predicted octanol–water partition coefficient (Wildman–Crippen LogP) is 17.9. The van der Waals surface area contributed by atoms with Crippen molar-refractivity contribution < 1.29 is 0 Å². The fourth-order valence-electron chi connectivity index (χ4n) is 13.4. The Morgan fingerprint density at radius 3 is 1.42 bits per heavy atom. The van der Waals surface area contributed by atoms with Gasteiger partial charge in [0.05, 0.1) is 27.6 Å². The molecular formula is C68H42N2S2. The summed E-state index contributed by atoms with van der Waals surface area (Å²) in [4.78, 5) is 7.79. The minimum absolute atomic E-state index is 0.470. The zero-order valence-corrected chi connectivity index (χ0v) is 40.6. The second kappa shape index (κ2) is 15.1. The van der Waals surface area contributed by atoms with Crippen LogP contribution in [0.25, 0.3) is 49.7 Å². The monoisotopic (exact) mass is 950 g/mol. The number of para-hydroxylation sites is 2. The molecule has 0 radical (unpaired) electrons. The van der Waals surface area contributed by atoms with E-state index in [4.69, 9.17) is 0 Å².